The maximum atomic E-state index is 12.5. The van der Waals surface area contributed by atoms with Gasteiger partial charge in [0.25, 0.3) is 0 Å². The van der Waals surface area contributed by atoms with E-state index in [2.05, 4.69) is 26.1 Å². The summed E-state index contributed by atoms with van der Waals surface area (Å²) >= 11 is 0. The van der Waals surface area contributed by atoms with E-state index < -0.39 is 12.1 Å². The molecule has 29 heavy (non-hydrogen) atoms. The number of Topliss-reactive ketones (excluding diaryl/α,β-unsaturated/α-hetero) is 1. The first-order valence-electron chi connectivity index (χ1n) is 9.81. The number of carbonyl (C=O) groups is 3. The van der Waals surface area contributed by atoms with E-state index >= 15 is 0 Å². The quantitative estimate of drug-likeness (QED) is 0.544. The van der Waals surface area contributed by atoms with Crippen molar-refractivity contribution >= 4 is 17.7 Å². The van der Waals surface area contributed by atoms with Crippen LogP contribution in [0.25, 0.3) is 0 Å². The minimum Gasteiger partial charge on any atom is -0.454 e. The van der Waals surface area contributed by atoms with E-state index in [9.17, 15) is 14.4 Å². The lowest BCUT2D eigenvalue weighted by Crippen LogP contribution is -2.30. The molecule has 2 aromatic carbocycles. The summed E-state index contributed by atoms with van der Waals surface area (Å²) in [5, 5.41) is 2.69. The largest absolute Gasteiger partial charge is 0.454 e. The Hall–Kier alpha value is -2.95. The molecule has 0 spiro atoms. The van der Waals surface area contributed by atoms with Crippen molar-refractivity contribution < 1.29 is 19.1 Å². The summed E-state index contributed by atoms with van der Waals surface area (Å²) in [7, 11) is 0. The van der Waals surface area contributed by atoms with Gasteiger partial charge in [0.15, 0.2) is 6.10 Å². The Balaban J connectivity index is 1.76. The molecule has 154 valence electrons. The second-order valence-corrected chi connectivity index (χ2v) is 8.09. The molecule has 0 aromatic heterocycles. The molecule has 5 nitrogen and oxygen atoms in total. The maximum Gasteiger partial charge on any atom is 0.308 e. The third-order valence-corrected chi connectivity index (χ3v) is 4.57. The van der Waals surface area contributed by atoms with Crippen LogP contribution in [0.2, 0.25) is 0 Å². The van der Waals surface area contributed by atoms with Crippen LogP contribution in [0.15, 0.2) is 54.6 Å². The Morgan fingerprint density at radius 2 is 1.59 bits per heavy atom. The zero-order valence-electron chi connectivity index (χ0n) is 17.5. The summed E-state index contributed by atoms with van der Waals surface area (Å²) in [6, 6.07) is 16.7. The number of esters is 1. The van der Waals surface area contributed by atoms with Crippen LogP contribution >= 0.6 is 0 Å². The third kappa shape index (κ3) is 7.18. The Labute approximate surface area is 172 Å². The molecule has 0 aliphatic heterocycles. The van der Waals surface area contributed by atoms with E-state index in [4.69, 9.17) is 4.74 Å². The van der Waals surface area contributed by atoms with E-state index in [0.717, 1.165) is 11.1 Å². The topological polar surface area (TPSA) is 72.5 Å². The third-order valence-electron chi connectivity index (χ3n) is 4.57. The first kappa shape index (κ1) is 22.3. The van der Waals surface area contributed by atoms with Crippen LogP contribution in [-0.2, 0) is 26.2 Å². The lowest BCUT2D eigenvalue weighted by molar-refractivity contribution is -0.146. The first-order chi connectivity index (χ1) is 13.7. The average molecular weight is 395 g/mol. The predicted molar refractivity (Wildman–Crippen MR) is 113 cm³/mol. The van der Waals surface area contributed by atoms with Crippen molar-refractivity contribution in [2.75, 3.05) is 6.54 Å². The fourth-order valence-electron chi connectivity index (χ4n) is 2.83. The number of benzene rings is 2. The summed E-state index contributed by atoms with van der Waals surface area (Å²) in [5.74, 6) is -0.920. The van der Waals surface area contributed by atoms with Crippen molar-refractivity contribution in [3.8, 4) is 0 Å². The number of rotatable bonds is 8. The van der Waals surface area contributed by atoms with Crippen LogP contribution in [-0.4, -0.2) is 30.3 Å². The van der Waals surface area contributed by atoms with Crippen LogP contribution in [0, 0.1) is 0 Å². The normalized spacial score (nSPS) is 12.1. The van der Waals surface area contributed by atoms with Gasteiger partial charge in [0.1, 0.15) is 0 Å². The lowest BCUT2D eigenvalue weighted by atomic mass is 9.86. The summed E-state index contributed by atoms with van der Waals surface area (Å²) < 4.78 is 5.22. The van der Waals surface area contributed by atoms with Crippen molar-refractivity contribution in [3.05, 3.63) is 71.3 Å². The molecule has 0 fully saturated rings. The van der Waals surface area contributed by atoms with Gasteiger partial charge in [-0.3, -0.25) is 14.4 Å². The summed E-state index contributed by atoms with van der Waals surface area (Å²) in [6.07, 6.45) is -0.598. The highest BCUT2D eigenvalue weighted by atomic mass is 16.5. The number of ether oxygens (including phenoxy) is 1. The highest BCUT2D eigenvalue weighted by molar-refractivity contribution is 6.00. The molecule has 1 N–H and O–H groups in total. The fraction of sp³-hybridized carbons (Fsp3) is 0.375. The van der Waals surface area contributed by atoms with Crippen LogP contribution in [0.3, 0.4) is 0 Å². The molecule has 1 atom stereocenters. The molecule has 0 aliphatic rings. The highest BCUT2D eigenvalue weighted by Gasteiger charge is 2.20. The summed E-state index contributed by atoms with van der Waals surface area (Å²) in [4.78, 5) is 36.4. The summed E-state index contributed by atoms with van der Waals surface area (Å²) in [5.41, 5.74) is 2.55. The van der Waals surface area contributed by atoms with Gasteiger partial charge in [0.2, 0.25) is 11.7 Å². The number of hydrogen-bond acceptors (Lipinski definition) is 4. The standard InChI is InChI=1S/C24H29NO4/c1-17(23(28)19-10-12-20(13-11-19)24(2,3)4)29-22(27)14-15-25-21(26)16-18-8-6-5-7-9-18/h5-13,17H,14-16H2,1-4H3,(H,25,26). The van der Waals surface area contributed by atoms with Gasteiger partial charge in [-0.05, 0) is 23.5 Å². The van der Waals surface area contributed by atoms with Gasteiger partial charge >= 0.3 is 5.97 Å². The van der Waals surface area contributed by atoms with Crippen LogP contribution < -0.4 is 5.32 Å². The SMILES string of the molecule is CC(OC(=O)CCNC(=O)Cc1ccccc1)C(=O)c1ccc(C(C)(C)C)cc1. The Bertz CT molecular complexity index is 835. The van der Waals surface area contributed by atoms with E-state index in [-0.39, 0.29) is 36.5 Å². The van der Waals surface area contributed by atoms with Gasteiger partial charge in [-0.15, -0.1) is 0 Å². The highest BCUT2D eigenvalue weighted by Crippen LogP contribution is 2.22. The zero-order chi connectivity index (χ0) is 21.4. The first-order valence-corrected chi connectivity index (χ1v) is 9.81. The fourth-order valence-corrected chi connectivity index (χ4v) is 2.83. The van der Waals surface area contributed by atoms with Crippen molar-refractivity contribution in [1.82, 2.24) is 5.32 Å². The van der Waals surface area contributed by atoms with Gasteiger partial charge in [0.05, 0.1) is 12.8 Å². The van der Waals surface area contributed by atoms with Crippen molar-refractivity contribution in [3.63, 3.8) is 0 Å². The van der Waals surface area contributed by atoms with Crippen LogP contribution in [0.4, 0.5) is 0 Å². The van der Waals surface area contributed by atoms with Crippen molar-refractivity contribution in [2.24, 2.45) is 0 Å². The molecular formula is C24H29NO4. The second kappa shape index (κ2) is 10.0. The molecule has 0 radical (unpaired) electrons. The molecule has 2 rings (SSSR count). The minimum absolute atomic E-state index is 0.00457. The van der Waals surface area contributed by atoms with Crippen molar-refractivity contribution in [2.45, 2.75) is 52.1 Å². The van der Waals surface area contributed by atoms with E-state index in [1.54, 1.807) is 19.1 Å². The van der Waals surface area contributed by atoms with Gasteiger partial charge in [-0.25, -0.2) is 0 Å². The van der Waals surface area contributed by atoms with Gasteiger partial charge in [-0.1, -0.05) is 75.4 Å². The van der Waals surface area contributed by atoms with Gasteiger partial charge in [-0.2, -0.15) is 0 Å². The zero-order valence-corrected chi connectivity index (χ0v) is 17.5. The molecule has 2 aromatic rings. The van der Waals surface area contributed by atoms with Gasteiger partial charge in [0, 0.05) is 12.1 Å². The number of amides is 1. The number of ketones is 1. The molecule has 0 aliphatic carbocycles. The Kier molecular flexibility index (Phi) is 7.71. The molecule has 0 heterocycles. The molecular weight excluding hydrogens is 366 g/mol. The van der Waals surface area contributed by atoms with Gasteiger partial charge < -0.3 is 10.1 Å². The lowest BCUT2D eigenvalue weighted by Gasteiger charge is -2.19. The predicted octanol–water partition coefficient (Wildman–Crippen LogP) is 3.85. The second-order valence-electron chi connectivity index (χ2n) is 8.09. The number of carbonyl (C=O) groups excluding carboxylic acids is 3. The van der Waals surface area contributed by atoms with Crippen molar-refractivity contribution in [1.29, 1.82) is 0 Å². The minimum atomic E-state index is -0.872. The molecule has 5 heteroatoms. The molecule has 1 unspecified atom stereocenters. The average Bonchev–Trinajstić information content (AvgIpc) is 2.67. The Morgan fingerprint density at radius 1 is 0.966 bits per heavy atom. The monoisotopic (exact) mass is 395 g/mol. The number of hydrogen-bond donors (Lipinski definition) is 1. The smallest absolute Gasteiger partial charge is 0.308 e. The number of nitrogens with one attached hydrogen (secondary N) is 1. The molecule has 0 saturated heterocycles. The maximum absolute atomic E-state index is 12.5. The molecule has 0 bridgehead atoms. The summed E-state index contributed by atoms with van der Waals surface area (Å²) in [6.45, 7) is 8.05. The van der Waals surface area contributed by atoms with Crippen LogP contribution in [0.5, 0.6) is 0 Å². The van der Waals surface area contributed by atoms with Crippen LogP contribution in [0.1, 0.15) is 55.6 Å². The molecule has 1 amide bonds. The van der Waals surface area contributed by atoms with E-state index in [1.807, 2.05) is 42.5 Å². The Morgan fingerprint density at radius 3 is 2.17 bits per heavy atom. The van der Waals surface area contributed by atoms with E-state index in [1.165, 1.54) is 0 Å². The molecule has 0 saturated carbocycles. The van der Waals surface area contributed by atoms with E-state index in [0.29, 0.717) is 5.56 Å².